The third kappa shape index (κ3) is 5.03. The molecule has 0 radical (unpaired) electrons. The van der Waals surface area contributed by atoms with Gasteiger partial charge in [0.1, 0.15) is 23.6 Å². The van der Waals surface area contributed by atoms with E-state index < -0.39 is 31.2 Å². The van der Waals surface area contributed by atoms with Crippen molar-refractivity contribution in [3.8, 4) is 23.6 Å². The number of anilines is 1. The van der Waals surface area contributed by atoms with Crippen molar-refractivity contribution in [3.05, 3.63) is 57.6 Å². The molecule has 0 atom stereocenters. The van der Waals surface area contributed by atoms with Crippen molar-refractivity contribution in [2.24, 2.45) is 0 Å². The van der Waals surface area contributed by atoms with Gasteiger partial charge in [0.2, 0.25) is 10.1 Å². The van der Waals surface area contributed by atoms with Crippen LogP contribution in [-0.4, -0.2) is 18.6 Å². The van der Waals surface area contributed by atoms with Gasteiger partial charge in [-0.3, -0.25) is 4.72 Å². The lowest BCUT2D eigenvalue weighted by Gasteiger charge is -2.10. The zero-order valence-electron chi connectivity index (χ0n) is 14.8. The van der Waals surface area contributed by atoms with Crippen molar-refractivity contribution in [1.82, 2.24) is 10.2 Å². The number of nitrogens with one attached hydrogen (secondary N) is 1. The lowest BCUT2D eigenvalue weighted by Crippen LogP contribution is -2.13. The molecule has 1 aromatic heterocycles. The number of nitrogens with zero attached hydrogens (tertiary/aromatic N) is 4. The molecule has 0 fully saturated rings. The van der Waals surface area contributed by atoms with Crippen LogP contribution >= 0.6 is 22.9 Å². The summed E-state index contributed by atoms with van der Waals surface area (Å²) in [6, 6.07) is 11.1. The van der Waals surface area contributed by atoms with Gasteiger partial charge in [0.15, 0.2) is 0 Å². The Morgan fingerprint density at radius 2 is 1.77 bits per heavy atom. The fourth-order valence-corrected chi connectivity index (χ4v) is 4.26. The van der Waals surface area contributed by atoms with E-state index in [1.165, 1.54) is 24.3 Å². The highest BCUT2D eigenvalue weighted by molar-refractivity contribution is 7.93. The number of sulfonamides is 1. The predicted molar refractivity (Wildman–Crippen MR) is 103 cm³/mol. The third-order valence-electron chi connectivity index (χ3n) is 3.56. The van der Waals surface area contributed by atoms with Crippen molar-refractivity contribution >= 4 is 38.1 Å². The minimum atomic E-state index is -4.76. The average molecular weight is 486 g/mol. The number of alkyl halides is 3. The van der Waals surface area contributed by atoms with Crippen LogP contribution in [0, 0.1) is 22.7 Å². The van der Waals surface area contributed by atoms with Gasteiger partial charge in [-0.25, -0.2) is 8.42 Å². The monoisotopic (exact) mass is 485 g/mol. The Balaban J connectivity index is 1.86. The summed E-state index contributed by atoms with van der Waals surface area (Å²) in [7, 11) is -4.36. The molecule has 3 aromatic rings. The Kier molecular flexibility index (Phi) is 6.03. The second-order valence-electron chi connectivity index (χ2n) is 5.64. The van der Waals surface area contributed by atoms with Crippen LogP contribution in [0.5, 0.6) is 11.5 Å². The van der Waals surface area contributed by atoms with Gasteiger partial charge in [-0.15, -0.1) is 10.2 Å². The molecule has 0 aliphatic heterocycles. The van der Waals surface area contributed by atoms with Crippen LogP contribution in [0.4, 0.5) is 18.3 Å². The normalized spacial score (nSPS) is 11.4. The molecule has 3 rings (SSSR count). The van der Waals surface area contributed by atoms with Crippen molar-refractivity contribution in [2.75, 3.05) is 4.72 Å². The minimum Gasteiger partial charge on any atom is -0.456 e. The Morgan fingerprint density at radius 1 is 1.06 bits per heavy atom. The number of benzene rings is 2. The number of halogens is 4. The quantitative estimate of drug-likeness (QED) is 0.561. The lowest BCUT2D eigenvalue weighted by atomic mass is 10.2. The first-order chi connectivity index (χ1) is 14.5. The molecule has 8 nitrogen and oxygen atoms in total. The maximum Gasteiger partial charge on any atom is 0.445 e. The molecule has 31 heavy (non-hydrogen) atoms. The highest BCUT2D eigenvalue weighted by Crippen LogP contribution is 2.34. The van der Waals surface area contributed by atoms with Gasteiger partial charge in [-0.1, -0.05) is 22.9 Å². The SMILES string of the molecule is N#Cc1ccc(Oc2ccc(S(=O)(=O)Nc3nnc(C(F)(F)F)s3)cc2C#N)cc1Cl. The van der Waals surface area contributed by atoms with Crippen molar-refractivity contribution in [3.63, 3.8) is 0 Å². The summed E-state index contributed by atoms with van der Waals surface area (Å²) in [4.78, 5) is -0.405. The van der Waals surface area contributed by atoms with Gasteiger partial charge in [0, 0.05) is 6.07 Å². The molecule has 0 saturated carbocycles. The fourth-order valence-electron chi connectivity index (χ4n) is 2.18. The van der Waals surface area contributed by atoms with Gasteiger partial charge >= 0.3 is 6.18 Å². The molecule has 158 valence electrons. The number of aromatic nitrogens is 2. The first-order valence-corrected chi connectivity index (χ1v) is 10.6. The Hall–Kier alpha value is -3.39. The topological polar surface area (TPSA) is 129 Å². The molecule has 0 aliphatic carbocycles. The van der Waals surface area contributed by atoms with E-state index in [0.717, 1.165) is 12.1 Å². The summed E-state index contributed by atoms with van der Waals surface area (Å²) in [5.74, 6) is 0.195. The van der Waals surface area contributed by atoms with Crippen molar-refractivity contribution in [1.29, 1.82) is 10.5 Å². The van der Waals surface area contributed by atoms with Crippen LogP contribution in [0.15, 0.2) is 41.3 Å². The van der Waals surface area contributed by atoms with E-state index in [4.69, 9.17) is 21.6 Å². The summed E-state index contributed by atoms with van der Waals surface area (Å²) < 4.78 is 70.1. The highest BCUT2D eigenvalue weighted by atomic mass is 35.5. The van der Waals surface area contributed by atoms with E-state index in [1.807, 2.05) is 10.8 Å². The van der Waals surface area contributed by atoms with Gasteiger partial charge in [0.25, 0.3) is 10.0 Å². The molecule has 0 spiro atoms. The van der Waals surface area contributed by atoms with Gasteiger partial charge < -0.3 is 4.74 Å². The molecule has 0 saturated heterocycles. The number of ether oxygens (including phenoxy) is 1. The van der Waals surface area contributed by atoms with E-state index in [1.54, 1.807) is 6.07 Å². The van der Waals surface area contributed by atoms with Gasteiger partial charge in [0.05, 0.1) is 21.0 Å². The van der Waals surface area contributed by atoms with Crippen LogP contribution in [0.3, 0.4) is 0 Å². The predicted octanol–water partition coefficient (Wildman–Crippen LogP) is 4.55. The fraction of sp³-hybridized carbons (Fsp3) is 0.0588. The van der Waals surface area contributed by atoms with E-state index in [-0.39, 0.29) is 39.0 Å². The maximum atomic E-state index is 12.6. The number of hydrogen-bond donors (Lipinski definition) is 1. The Labute approximate surface area is 182 Å². The molecular formula is C17H7ClF3N5O3S2. The smallest absolute Gasteiger partial charge is 0.445 e. The number of hydrogen-bond acceptors (Lipinski definition) is 8. The molecule has 0 amide bonds. The van der Waals surface area contributed by atoms with E-state index in [0.29, 0.717) is 0 Å². The van der Waals surface area contributed by atoms with Crippen LogP contribution in [-0.2, 0) is 16.2 Å². The standard InChI is InChI=1S/C17H7ClF3N5O3S2/c18-13-6-11(2-1-9(13)7-22)29-14-4-3-12(5-10(14)8-23)31(27,28)26-16-25-24-15(30-16)17(19,20)21/h1-6H,(H,25,26). The Morgan fingerprint density at radius 3 is 2.35 bits per heavy atom. The summed E-state index contributed by atoms with van der Waals surface area (Å²) in [6.07, 6.45) is -4.76. The van der Waals surface area contributed by atoms with E-state index >= 15 is 0 Å². The summed E-state index contributed by atoms with van der Waals surface area (Å²) >= 11 is 5.94. The van der Waals surface area contributed by atoms with E-state index in [2.05, 4.69) is 10.2 Å². The van der Waals surface area contributed by atoms with Crippen LogP contribution < -0.4 is 9.46 Å². The van der Waals surface area contributed by atoms with Crippen molar-refractivity contribution in [2.45, 2.75) is 11.1 Å². The molecule has 2 aromatic carbocycles. The first-order valence-electron chi connectivity index (χ1n) is 7.88. The summed E-state index contributed by atoms with van der Waals surface area (Å²) in [5.41, 5.74) is 0.0454. The van der Waals surface area contributed by atoms with Crippen LogP contribution in [0.2, 0.25) is 5.02 Å². The third-order valence-corrected chi connectivity index (χ3v) is 6.22. The van der Waals surface area contributed by atoms with Crippen LogP contribution in [0.25, 0.3) is 0 Å². The zero-order chi connectivity index (χ0) is 22.8. The summed E-state index contributed by atoms with van der Waals surface area (Å²) in [6.45, 7) is 0. The molecule has 1 heterocycles. The molecule has 0 aliphatic rings. The second-order valence-corrected chi connectivity index (χ2v) is 8.71. The average Bonchev–Trinajstić information content (AvgIpc) is 3.16. The number of nitriles is 2. The zero-order valence-corrected chi connectivity index (χ0v) is 17.2. The maximum absolute atomic E-state index is 12.6. The summed E-state index contributed by atoms with van der Waals surface area (Å²) in [5, 5.41) is 22.5. The lowest BCUT2D eigenvalue weighted by molar-refractivity contribution is -0.138. The van der Waals surface area contributed by atoms with E-state index in [9.17, 15) is 26.9 Å². The van der Waals surface area contributed by atoms with Crippen molar-refractivity contribution < 1.29 is 26.3 Å². The minimum absolute atomic E-state index is 0.00232. The number of rotatable bonds is 5. The Bertz CT molecular complexity index is 1340. The first kappa shape index (κ1) is 22.3. The highest BCUT2D eigenvalue weighted by Gasteiger charge is 2.36. The van der Waals surface area contributed by atoms with Gasteiger partial charge in [-0.2, -0.15) is 23.7 Å². The molecular weight excluding hydrogens is 479 g/mol. The molecule has 1 N–H and O–H groups in total. The largest absolute Gasteiger partial charge is 0.456 e. The molecule has 0 bridgehead atoms. The van der Waals surface area contributed by atoms with Crippen LogP contribution in [0.1, 0.15) is 16.1 Å². The van der Waals surface area contributed by atoms with Gasteiger partial charge in [-0.05, 0) is 30.3 Å². The second kappa shape index (κ2) is 8.39. The molecule has 14 heteroatoms. The molecule has 0 unspecified atom stereocenters.